The van der Waals surface area contributed by atoms with Gasteiger partial charge in [0.2, 0.25) is 5.13 Å². The summed E-state index contributed by atoms with van der Waals surface area (Å²) in [5.74, 6) is 0.629. The van der Waals surface area contributed by atoms with Crippen molar-refractivity contribution < 1.29 is 4.42 Å². The van der Waals surface area contributed by atoms with Gasteiger partial charge in [0.25, 0.3) is 0 Å². The molecule has 0 atom stereocenters. The van der Waals surface area contributed by atoms with Crippen molar-refractivity contribution in [2.75, 3.05) is 5.32 Å². The molecule has 28 heavy (non-hydrogen) atoms. The summed E-state index contributed by atoms with van der Waals surface area (Å²) < 4.78 is 6.22. The molecule has 0 saturated heterocycles. The topological polar surface area (TPSA) is 68.0 Å². The number of nitrogens with zero attached hydrogens (tertiary/aromatic N) is 2. The Kier molecular flexibility index (Phi) is 5.19. The van der Waals surface area contributed by atoms with Crippen molar-refractivity contribution in [3.05, 3.63) is 75.1 Å². The van der Waals surface area contributed by atoms with E-state index in [9.17, 15) is 4.79 Å². The van der Waals surface area contributed by atoms with Crippen molar-refractivity contribution in [1.29, 1.82) is 0 Å². The van der Waals surface area contributed by atoms with Crippen molar-refractivity contribution >= 4 is 44.9 Å². The van der Waals surface area contributed by atoms with Gasteiger partial charge in [0.15, 0.2) is 4.34 Å². The Hall–Kier alpha value is -2.64. The summed E-state index contributed by atoms with van der Waals surface area (Å²) in [6.07, 6.45) is 0. The van der Waals surface area contributed by atoms with Gasteiger partial charge in [-0.2, -0.15) is 0 Å². The Balaban J connectivity index is 1.53. The van der Waals surface area contributed by atoms with Crippen LogP contribution in [0, 0.1) is 20.8 Å². The fraction of sp³-hybridized carbons (Fsp3) is 0.190. The molecule has 4 rings (SSSR count). The number of thioether (sulfide) groups is 1. The second-order valence-corrected chi connectivity index (χ2v) is 8.88. The van der Waals surface area contributed by atoms with Gasteiger partial charge in [0, 0.05) is 22.9 Å². The Bertz CT molecular complexity index is 1210. The molecule has 0 fully saturated rings. The predicted octanol–water partition coefficient (Wildman–Crippen LogP) is 5.61. The van der Waals surface area contributed by atoms with E-state index in [2.05, 4.69) is 47.6 Å². The van der Waals surface area contributed by atoms with E-state index in [-0.39, 0.29) is 5.63 Å². The maximum Gasteiger partial charge on any atom is 0.336 e. The number of fused-ring (bicyclic) bond motifs is 1. The van der Waals surface area contributed by atoms with E-state index >= 15 is 0 Å². The number of aromatic nitrogens is 2. The first-order valence-corrected chi connectivity index (χ1v) is 10.6. The van der Waals surface area contributed by atoms with Gasteiger partial charge < -0.3 is 9.73 Å². The molecule has 0 aliphatic carbocycles. The SMILES string of the molecule is Cc1cccc(Nc2nnc(SCc3cc(=O)oc4cc(C)c(C)cc34)s2)c1. The molecule has 142 valence electrons. The van der Waals surface area contributed by atoms with Crippen molar-refractivity contribution in [2.45, 2.75) is 30.9 Å². The summed E-state index contributed by atoms with van der Waals surface area (Å²) in [7, 11) is 0. The molecule has 1 N–H and O–H groups in total. The largest absolute Gasteiger partial charge is 0.423 e. The highest BCUT2D eigenvalue weighted by atomic mass is 32.2. The first-order chi connectivity index (χ1) is 13.5. The fourth-order valence-electron chi connectivity index (χ4n) is 2.91. The lowest BCUT2D eigenvalue weighted by Gasteiger charge is -2.07. The summed E-state index contributed by atoms with van der Waals surface area (Å²) in [6.45, 7) is 6.13. The molecule has 4 aromatic rings. The molecule has 0 radical (unpaired) electrons. The van der Waals surface area contributed by atoms with Crippen molar-refractivity contribution in [1.82, 2.24) is 10.2 Å². The summed E-state index contributed by atoms with van der Waals surface area (Å²) in [6, 6.07) is 13.7. The Labute approximate surface area is 170 Å². The quantitative estimate of drug-likeness (QED) is 0.341. The third-order valence-corrected chi connectivity index (χ3v) is 6.49. The number of rotatable bonds is 5. The molecule has 0 spiro atoms. The van der Waals surface area contributed by atoms with Crippen molar-refractivity contribution in [2.24, 2.45) is 0 Å². The summed E-state index contributed by atoms with van der Waals surface area (Å²) >= 11 is 3.06. The van der Waals surface area contributed by atoms with Crippen LogP contribution in [0.2, 0.25) is 0 Å². The maximum absolute atomic E-state index is 11.9. The predicted molar refractivity (Wildman–Crippen MR) is 116 cm³/mol. The van der Waals surface area contributed by atoms with Crippen LogP contribution in [0.15, 0.2) is 56.0 Å². The van der Waals surface area contributed by atoms with Crippen molar-refractivity contribution in [3.63, 3.8) is 0 Å². The van der Waals surface area contributed by atoms with E-state index in [0.717, 1.165) is 31.7 Å². The van der Waals surface area contributed by atoms with E-state index in [4.69, 9.17) is 4.42 Å². The van der Waals surface area contributed by atoms with Crippen LogP contribution in [0.25, 0.3) is 11.0 Å². The fourth-order valence-corrected chi connectivity index (χ4v) is 4.67. The minimum Gasteiger partial charge on any atom is -0.423 e. The molecule has 0 aliphatic rings. The Morgan fingerprint density at radius 1 is 1.07 bits per heavy atom. The lowest BCUT2D eigenvalue weighted by atomic mass is 10.0. The highest BCUT2D eigenvalue weighted by Crippen LogP contribution is 2.32. The van der Waals surface area contributed by atoms with Crippen LogP contribution in [0.4, 0.5) is 10.8 Å². The van der Waals surface area contributed by atoms with Crippen LogP contribution in [-0.4, -0.2) is 10.2 Å². The highest BCUT2D eigenvalue weighted by molar-refractivity contribution is 8.00. The molecule has 5 nitrogen and oxygen atoms in total. The molecule has 7 heteroatoms. The number of benzene rings is 2. The van der Waals surface area contributed by atoms with E-state index in [1.165, 1.54) is 22.5 Å². The number of hydrogen-bond donors (Lipinski definition) is 1. The van der Waals surface area contributed by atoms with Crippen LogP contribution in [0.5, 0.6) is 0 Å². The van der Waals surface area contributed by atoms with Gasteiger partial charge in [-0.05, 0) is 67.3 Å². The Morgan fingerprint density at radius 2 is 1.89 bits per heavy atom. The number of hydrogen-bond acceptors (Lipinski definition) is 7. The second kappa shape index (κ2) is 7.77. The van der Waals surface area contributed by atoms with E-state index in [1.807, 2.05) is 25.1 Å². The molecule has 0 saturated carbocycles. The van der Waals surface area contributed by atoms with Crippen LogP contribution in [-0.2, 0) is 5.75 Å². The molecule has 2 heterocycles. The average molecular weight is 410 g/mol. The molecule has 0 bridgehead atoms. The lowest BCUT2D eigenvalue weighted by molar-refractivity contribution is 0.559. The third-order valence-electron chi connectivity index (χ3n) is 4.47. The number of anilines is 2. The first kappa shape index (κ1) is 18.7. The zero-order valence-electron chi connectivity index (χ0n) is 15.8. The van der Waals surface area contributed by atoms with Gasteiger partial charge in [-0.15, -0.1) is 10.2 Å². The minimum absolute atomic E-state index is 0.328. The Morgan fingerprint density at radius 3 is 2.71 bits per heavy atom. The smallest absolute Gasteiger partial charge is 0.336 e. The number of nitrogens with one attached hydrogen (secondary N) is 1. The monoisotopic (exact) mass is 409 g/mol. The van der Waals surface area contributed by atoms with Crippen LogP contribution in [0.1, 0.15) is 22.3 Å². The summed E-state index contributed by atoms with van der Waals surface area (Å²) in [5.41, 5.74) is 5.71. The normalized spacial score (nSPS) is 11.1. The standard InChI is InChI=1S/C21H19N3O2S2/c1-12-5-4-6-16(7-12)22-20-23-24-21(28-20)27-11-15-10-19(25)26-18-9-14(3)13(2)8-17(15)18/h4-10H,11H2,1-3H3,(H,22,23). The molecular weight excluding hydrogens is 390 g/mol. The van der Waals surface area contributed by atoms with Crippen molar-refractivity contribution in [3.8, 4) is 0 Å². The molecule has 0 amide bonds. The lowest BCUT2D eigenvalue weighted by Crippen LogP contribution is -2.00. The van der Waals surface area contributed by atoms with Gasteiger partial charge in [-0.3, -0.25) is 0 Å². The van der Waals surface area contributed by atoms with E-state index < -0.39 is 0 Å². The second-order valence-electron chi connectivity index (χ2n) is 6.68. The minimum atomic E-state index is -0.328. The number of aryl methyl sites for hydroxylation is 3. The van der Waals surface area contributed by atoms with E-state index in [0.29, 0.717) is 11.3 Å². The van der Waals surface area contributed by atoms with Gasteiger partial charge in [0.05, 0.1) is 0 Å². The van der Waals surface area contributed by atoms with Gasteiger partial charge in [-0.25, -0.2) is 4.79 Å². The van der Waals surface area contributed by atoms with Gasteiger partial charge >= 0.3 is 5.63 Å². The van der Waals surface area contributed by atoms with Gasteiger partial charge in [-0.1, -0.05) is 35.2 Å². The molecule has 2 aromatic carbocycles. The molecule has 0 aliphatic heterocycles. The van der Waals surface area contributed by atoms with Crippen LogP contribution in [0.3, 0.4) is 0 Å². The van der Waals surface area contributed by atoms with Crippen LogP contribution >= 0.6 is 23.1 Å². The maximum atomic E-state index is 11.9. The molecule has 0 unspecified atom stereocenters. The zero-order valence-corrected chi connectivity index (χ0v) is 17.4. The third kappa shape index (κ3) is 4.10. The first-order valence-electron chi connectivity index (χ1n) is 8.82. The highest BCUT2D eigenvalue weighted by Gasteiger charge is 2.11. The average Bonchev–Trinajstić information content (AvgIpc) is 3.08. The summed E-state index contributed by atoms with van der Waals surface area (Å²) in [4.78, 5) is 11.9. The van der Waals surface area contributed by atoms with E-state index in [1.54, 1.807) is 17.8 Å². The van der Waals surface area contributed by atoms with Gasteiger partial charge in [0.1, 0.15) is 5.58 Å². The molecule has 2 aromatic heterocycles. The summed E-state index contributed by atoms with van der Waals surface area (Å²) in [5, 5.41) is 13.5. The molecular formula is C21H19N3O2S2. The van der Waals surface area contributed by atoms with Crippen LogP contribution < -0.4 is 10.9 Å². The zero-order chi connectivity index (χ0) is 19.7.